The topological polar surface area (TPSA) is 44.8 Å². The Hall–Kier alpha value is 0.158. The van der Waals surface area contributed by atoms with Crippen LogP contribution in [0.5, 0.6) is 0 Å². The molecule has 0 bridgehead atoms. The number of hydrogen-bond acceptors (Lipinski definition) is 4. The van der Waals surface area contributed by atoms with E-state index < -0.39 is 35.9 Å². The number of Topliss-reactive ketones (excluding diaryl/α,β-unsaturated/α-hetero) is 1. The van der Waals surface area contributed by atoms with E-state index in [1.165, 1.54) is 0 Å². The standard InChI is InChI=1S/C13H32O4Si4/c1-12(2)13(14)10-9-11-21(15-18(3)4,16-19(5)6)17-20(7)8/h18-20H,1,9-11H2,2-8H3. The Bertz CT molecular complexity index is 319. The Morgan fingerprint density at radius 3 is 1.62 bits per heavy atom. The maximum Gasteiger partial charge on any atom is 0.468 e. The largest absolute Gasteiger partial charge is 0.468 e. The maximum absolute atomic E-state index is 11.7. The Kier molecular flexibility index (Phi) is 10.1. The average Bonchev–Trinajstić information content (AvgIpc) is 2.24. The summed E-state index contributed by atoms with van der Waals surface area (Å²) >= 11 is 0. The van der Waals surface area contributed by atoms with Gasteiger partial charge in [0.15, 0.2) is 32.9 Å². The predicted octanol–water partition coefficient (Wildman–Crippen LogP) is 2.85. The van der Waals surface area contributed by atoms with Crippen molar-refractivity contribution in [2.75, 3.05) is 0 Å². The SMILES string of the molecule is C=C(C)C(=O)CCC[Si](O[SiH](C)C)(O[SiH](C)C)O[SiH](C)C. The van der Waals surface area contributed by atoms with E-state index in [9.17, 15) is 4.79 Å². The van der Waals surface area contributed by atoms with Gasteiger partial charge in [-0.05, 0) is 58.2 Å². The molecule has 0 saturated heterocycles. The van der Waals surface area contributed by atoms with Crippen LogP contribution in [0.4, 0.5) is 0 Å². The van der Waals surface area contributed by atoms with E-state index in [0.717, 1.165) is 12.5 Å². The molecule has 0 atom stereocenters. The fourth-order valence-electron chi connectivity index (χ4n) is 2.02. The van der Waals surface area contributed by atoms with Crippen LogP contribution in [0.2, 0.25) is 45.3 Å². The van der Waals surface area contributed by atoms with Crippen LogP contribution in [-0.2, 0) is 17.1 Å². The van der Waals surface area contributed by atoms with Crippen LogP contribution < -0.4 is 0 Å². The van der Waals surface area contributed by atoms with Crippen LogP contribution in [0, 0.1) is 0 Å². The third-order valence-electron chi connectivity index (χ3n) is 2.61. The summed E-state index contributed by atoms with van der Waals surface area (Å²) in [6, 6.07) is 0.758. The first-order valence-electron chi connectivity index (χ1n) is 7.80. The fourth-order valence-corrected chi connectivity index (χ4v) is 14.8. The lowest BCUT2D eigenvalue weighted by Crippen LogP contribution is -2.53. The van der Waals surface area contributed by atoms with Crippen molar-refractivity contribution in [2.24, 2.45) is 0 Å². The molecule has 4 nitrogen and oxygen atoms in total. The molecule has 0 heterocycles. The van der Waals surface area contributed by atoms with Crippen molar-refractivity contribution >= 4 is 41.7 Å². The maximum atomic E-state index is 11.7. The molecule has 0 spiro atoms. The van der Waals surface area contributed by atoms with Crippen molar-refractivity contribution in [3.8, 4) is 0 Å². The minimum Gasteiger partial charge on any atom is -0.420 e. The van der Waals surface area contributed by atoms with Crippen LogP contribution in [0.3, 0.4) is 0 Å². The molecule has 8 heteroatoms. The second-order valence-corrected chi connectivity index (χ2v) is 17.2. The van der Waals surface area contributed by atoms with Crippen molar-refractivity contribution < 1.29 is 17.1 Å². The molecule has 124 valence electrons. The molecule has 0 fully saturated rings. The van der Waals surface area contributed by atoms with Crippen molar-refractivity contribution in [2.45, 2.75) is 65.1 Å². The number of carbonyl (C=O) groups excluding carboxylic acids is 1. The van der Waals surface area contributed by atoms with Gasteiger partial charge in [-0.1, -0.05) is 6.58 Å². The molecule has 0 aliphatic rings. The highest BCUT2D eigenvalue weighted by atomic mass is 28.5. The summed E-state index contributed by atoms with van der Waals surface area (Å²) in [5, 5.41) is 0. The molecule has 0 amide bonds. The summed E-state index contributed by atoms with van der Waals surface area (Å²) in [6.45, 7) is 18.4. The van der Waals surface area contributed by atoms with Gasteiger partial charge in [0.1, 0.15) is 0 Å². The first-order valence-corrected chi connectivity index (χ1v) is 18.1. The molecule has 0 aromatic carbocycles. The minimum absolute atomic E-state index is 0.128. The predicted molar refractivity (Wildman–Crippen MR) is 99.5 cm³/mol. The minimum atomic E-state index is -2.58. The van der Waals surface area contributed by atoms with E-state index in [-0.39, 0.29) is 5.78 Å². The van der Waals surface area contributed by atoms with Gasteiger partial charge in [-0.3, -0.25) is 4.79 Å². The van der Waals surface area contributed by atoms with Crippen molar-refractivity contribution in [1.29, 1.82) is 0 Å². The van der Waals surface area contributed by atoms with Crippen molar-refractivity contribution in [3.63, 3.8) is 0 Å². The number of rotatable bonds is 11. The quantitative estimate of drug-likeness (QED) is 0.418. The monoisotopic (exact) mass is 364 g/mol. The molecule has 0 unspecified atom stereocenters. The van der Waals surface area contributed by atoms with Crippen LogP contribution >= 0.6 is 0 Å². The number of hydrogen-bond donors (Lipinski definition) is 0. The van der Waals surface area contributed by atoms with Crippen LogP contribution in [0.15, 0.2) is 12.2 Å². The van der Waals surface area contributed by atoms with Crippen LogP contribution in [-0.4, -0.2) is 41.7 Å². The normalized spacial score (nSPS) is 12.5. The van der Waals surface area contributed by atoms with E-state index in [1.54, 1.807) is 6.92 Å². The first-order chi connectivity index (χ1) is 9.58. The zero-order chi connectivity index (χ0) is 16.6. The number of ketones is 1. The van der Waals surface area contributed by atoms with Gasteiger partial charge in [-0.25, -0.2) is 0 Å². The highest BCUT2D eigenvalue weighted by Gasteiger charge is 2.42. The molecule has 0 aromatic rings. The van der Waals surface area contributed by atoms with Gasteiger partial charge in [0.2, 0.25) is 0 Å². The summed E-state index contributed by atoms with van der Waals surface area (Å²) in [5.41, 5.74) is 0.625. The third kappa shape index (κ3) is 9.71. The van der Waals surface area contributed by atoms with Gasteiger partial charge < -0.3 is 12.3 Å². The van der Waals surface area contributed by atoms with Gasteiger partial charge in [0, 0.05) is 12.5 Å². The zero-order valence-electron chi connectivity index (χ0n) is 14.7. The number of allylic oxidation sites excluding steroid dienone is 1. The molecule has 0 radical (unpaired) electrons. The van der Waals surface area contributed by atoms with Gasteiger partial charge >= 0.3 is 8.80 Å². The average molecular weight is 365 g/mol. The molecular formula is C13H32O4Si4. The summed E-state index contributed by atoms with van der Waals surface area (Å²) in [5.74, 6) is 0.128. The van der Waals surface area contributed by atoms with Crippen LogP contribution in [0.1, 0.15) is 19.8 Å². The lowest BCUT2D eigenvalue weighted by Gasteiger charge is -2.35. The highest BCUT2D eigenvalue weighted by molar-refractivity contribution is 6.79. The second kappa shape index (κ2) is 10.0. The molecule has 21 heavy (non-hydrogen) atoms. The Labute approximate surface area is 136 Å². The van der Waals surface area contributed by atoms with Gasteiger partial charge in [0.05, 0.1) is 0 Å². The van der Waals surface area contributed by atoms with E-state index in [2.05, 4.69) is 45.9 Å². The molecule has 0 aliphatic heterocycles. The highest BCUT2D eigenvalue weighted by Crippen LogP contribution is 2.23. The van der Waals surface area contributed by atoms with E-state index in [1.807, 2.05) is 0 Å². The van der Waals surface area contributed by atoms with Gasteiger partial charge in [-0.2, -0.15) is 0 Å². The Balaban J connectivity index is 4.88. The summed E-state index contributed by atoms with van der Waals surface area (Å²) < 4.78 is 18.8. The summed E-state index contributed by atoms with van der Waals surface area (Å²) in [7, 11) is -6.32. The van der Waals surface area contributed by atoms with Crippen molar-refractivity contribution in [1.82, 2.24) is 0 Å². The zero-order valence-corrected chi connectivity index (χ0v) is 19.2. The fraction of sp³-hybridized carbons (Fsp3) is 0.769. The van der Waals surface area contributed by atoms with Gasteiger partial charge in [0.25, 0.3) is 0 Å². The molecule has 0 aliphatic carbocycles. The third-order valence-corrected chi connectivity index (χ3v) is 13.5. The molecule has 0 aromatic heterocycles. The summed E-state index contributed by atoms with van der Waals surface area (Å²) in [4.78, 5) is 11.7. The van der Waals surface area contributed by atoms with E-state index >= 15 is 0 Å². The lowest BCUT2D eigenvalue weighted by molar-refractivity contribution is -0.115. The van der Waals surface area contributed by atoms with Crippen LogP contribution in [0.25, 0.3) is 0 Å². The van der Waals surface area contributed by atoms with Gasteiger partial charge in [-0.15, -0.1) is 0 Å². The molecule has 0 N–H and O–H groups in total. The molecule has 0 saturated carbocycles. The molecular weight excluding hydrogens is 332 g/mol. The smallest absolute Gasteiger partial charge is 0.420 e. The van der Waals surface area contributed by atoms with E-state index in [0.29, 0.717) is 12.0 Å². The molecule has 0 rings (SSSR count). The van der Waals surface area contributed by atoms with E-state index in [4.69, 9.17) is 12.3 Å². The first kappa shape index (κ1) is 21.2. The second-order valence-electron chi connectivity index (χ2n) is 6.24. The summed E-state index contributed by atoms with van der Waals surface area (Å²) in [6.07, 6.45) is 1.28. The Morgan fingerprint density at radius 1 is 0.952 bits per heavy atom. The lowest BCUT2D eigenvalue weighted by atomic mass is 10.1. The Morgan fingerprint density at radius 2 is 1.33 bits per heavy atom. The number of carbonyl (C=O) groups is 1. The van der Waals surface area contributed by atoms with Crippen molar-refractivity contribution in [3.05, 3.63) is 12.2 Å².